The monoisotopic (exact) mass is 460 g/mol. The SMILES string of the molecule is CC=C1C(=NC(Cl)=C(C)CC)N(c2ccc(F)c(F)c2)C(CC)C2=NC(C)CC=C(C)N12. The fourth-order valence-corrected chi connectivity index (χ4v) is 4.20. The molecule has 0 amide bonds. The van der Waals surface area contributed by atoms with Crippen LogP contribution in [0.5, 0.6) is 0 Å². The van der Waals surface area contributed by atoms with E-state index in [1.807, 2.05) is 31.7 Å². The third-order valence-electron chi connectivity index (χ3n) is 5.92. The lowest BCUT2D eigenvalue weighted by atomic mass is 10.0. The molecule has 2 aliphatic heterocycles. The molecule has 172 valence electrons. The minimum Gasteiger partial charge on any atom is -0.314 e. The van der Waals surface area contributed by atoms with Crippen molar-refractivity contribution in [2.24, 2.45) is 9.98 Å². The van der Waals surface area contributed by atoms with Gasteiger partial charge in [-0.15, -0.1) is 0 Å². The highest BCUT2D eigenvalue weighted by atomic mass is 35.5. The number of benzene rings is 1. The van der Waals surface area contributed by atoms with E-state index in [0.29, 0.717) is 23.1 Å². The van der Waals surface area contributed by atoms with Crippen LogP contribution >= 0.6 is 11.6 Å². The van der Waals surface area contributed by atoms with Gasteiger partial charge in [0, 0.05) is 17.5 Å². The number of halogens is 3. The number of amidine groups is 2. The first-order chi connectivity index (χ1) is 15.2. The Kier molecular flexibility index (Phi) is 7.55. The molecule has 0 bridgehead atoms. The minimum atomic E-state index is -0.903. The zero-order valence-corrected chi connectivity index (χ0v) is 20.3. The van der Waals surface area contributed by atoms with Crippen LogP contribution in [0.25, 0.3) is 0 Å². The molecule has 32 heavy (non-hydrogen) atoms. The maximum Gasteiger partial charge on any atom is 0.160 e. The standard InChI is InChI=1S/C25H31ClF2N4/c1-7-15(4)23(26)30-25-21(8-2)31-17(6)11-10-16(5)29-24(31)22(9-3)32(25)18-12-13-19(27)20(28)14-18/h8,11-14,16,22H,7,9-10H2,1-6H3. The molecule has 1 fully saturated rings. The van der Waals surface area contributed by atoms with Gasteiger partial charge in [0.1, 0.15) is 11.0 Å². The zero-order chi connectivity index (χ0) is 23.6. The van der Waals surface area contributed by atoms with E-state index in [2.05, 4.69) is 31.7 Å². The summed E-state index contributed by atoms with van der Waals surface area (Å²) in [7, 11) is 0. The van der Waals surface area contributed by atoms with Crippen molar-refractivity contribution < 1.29 is 8.78 Å². The summed E-state index contributed by atoms with van der Waals surface area (Å²) in [4.78, 5) is 13.9. The predicted molar refractivity (Wildman–Crippen MR) is 130 cm³/mol. The number of nitrogens with zero attached hydrogens (tertiary/aromatic N) is 4. The fourth-order valence-electron chi connectivity index (χ4n) is 3.99. The highest BCUT2D eigenvalue weighted by Gasteiger charge is 2.41. The van der Waals surface area contributed by atoms with Crippen molar-refractivity contribution in [3.05, 3.63) is 64.1 Å². The molecule has 0 radical (unpaired) electrons. The molecule has 2 aliphatic rings. The quantitative estimate of drug-likeness (QED) is 0.447. The normalized spacial score (nSPS) is 24.8. The van der Waals surface area contributed by atoms with Crippen LogP contribution in [0.3, 0.4) is 0 Å². The average molecular weight is 461 g/mol. The molecule has 3 rings (SSSR count). The van der Waals surface area contributed by atoms with Crippen molar-refractivity contribution in [1.29, 1.82) is 0 Å². The Morgan fingerprint density at radius 2 is 2.00 bits per heavy atom. The summed E-state index contributed by atoms with van der Waals surface area (Å²) >= 11 is 6.59. The molecule has 0 aliphatic carbocycles. The Bertz CT molecular complexity index is 1040. The van der Waals surface area contributed by atoms with Crippen molar-refractivity contribution in [1.82, 2.24) is 4.90 Å². The van der Waals surface area contributed by atoms with Crippen molar-refractivity contribution in [3.8, 4) is 0 Å². The lowest BCUT2D eigenvalue weighted by molar-refractivity contribution is 0.508. The van der Waals surface area contributed by atoms with E-state index in [1.54, 1.807) is 6.07 Å². The largest absolute Gasteiger partial charge is 0.314 e. The molecule has 0 N–H and O–H groups in total. The summed E-state index contributed by atoms with van der Waals surface area (Å²) in [5.41, 5.74) is 3.32. The van der Waals surface area contributed by atoms with Gasteiger partial charge in [-0.25, -0.2) is 13.8 Å². The van der Waals surface area contributed by atoms with Gasteiger partial charge in [0.05, 0.1) is 17.8 Å². The van der Waals surface area contributed by atoms with Gasteiger partial charge in [-0.3, -0.25) is 9.89 Å². The van der Waals surface area contributed by atoms with Crippen LogP contribution in [0.2, 0.25) is 0 Å². The molecule has 2 unspecified atom stereocenters. The third kappa shape index (κ3) is 4.51. The summed E-state index contributed by atoms with van der Waals surface area (Å²) in [6.45, 7) is 12.1. The summed E-state index contributed by atoms with van der Waals surface area (Å²) in [5, 5.41) is 0.398. The maximum absolute atomic E-state index is 14.3. The highest BCUT2D eigenvalue weighted by molar-refractivity contribution is 6.31. The number of aliphatic imine (C=N–C) groups is 2. The van der Waals surface area contributed by atoms with Gasteiger partial charge in [-0.2, -0.15) is 0 Å². The first kappa shape index (κ1) is 24.2. The molecule has 1 saturated heterocycles. The van der Waals surface area contributed by atoms with Crippen LogP contribution in [0, 0.1) is 11.6 Å². The number of anilines is 1. The van der Waals surface area contributed by atoms with E-state index in [9.17, 15) is 8.78 Å². The maximum atomic E-state index is 14.3. The summed E-state index contributed by atoms with van der Waals surface area (Å²) < 4.78 is 28.1. The lowest BCUT2D eigenvalue weighted by Gasteiger charge is -2.46. The van der Waals surface area contributed by atoms with E-state index in [1.165, 1.54) is 6.07 Å². The van der Waals surface area contributed by atoms with E-state index < -0.39 is 11.6 Å². The predicted octanol–water partition coefficient (Wildman–Crippen LogP) is 7.14. The van der Waals surface area contributed by atoms with Crippen LogP contribution in [0.1, 0.15) is 60.8 Å². The average Bonchev–Trinajstić information content (AvgIpc) is 2.92. The summed E-state index contributed by atoms with van der Waals surface area (Å²) in [6.07, 6.45) is 6.42. The number of hydrogen-bond acceptors (Lipinski definition) is 3. The van der Waals surface area contributed by atoms with Crippen molar-refractivity contribution in [3.63, 3.8) is 0 Å². The van der Waals surface area contributed by atoms with Gasteiger partial charge in [0.15, 0.2) is 17.5 Å². The number of hydrogen-bond donors (Lipinski definition) is 0. The topological polar surface area (TPSA) is 31.2 Å². The van der Waals surface area contributed by atoms with Gasteiger partial charge >= 0.3 is 0 Å². The second kappa shape index (κ2) is 9.99. The minimum absolute atomic E-state index is 0.105. The molecule has 2 atom stereocenters. The molecule has 0 spiro atoms. The molecular weight excluding hydrogens is 430 g/mol. The second-order valence-electron chi connectivity index (χ2n) is 8.18. The van der Waals surface area contributed by atoms with Gasteiger partial charge in [-0.1, -0.05) is 37.6 Å². The Hall–Kier alpha value is -2.47. The van der Waals surface area contributed by atoms with E-state index in [0.717, 1.165) is 41.7 Å². The number of piperazine rings is 1. The highest BCUT2D eigenvalue weighted by Crippen LogP contribution is 2.36. The van der Waals surface area contributed by atoms with E-state index in [4.69, 9.17) is 21.6 Å². The second-order valence-corrected chi connectivity index (χ2v) is 8.54. The molecule has 4 nitrogen and oxygen atoms in total. The van der Waals surface area contributed by atoms with Crippen LogP contribution < -0.4 is 4.90 Å². The Labute approximate surface area is 194 Å². The molecule has 2 heterocycles. The Balaban J connectivity index is 2.34. The first-order valence-corrected chi connectivity index (χ1v) is 11.5. The van der Waals surface area contributed by atoms with Gasteiger partial charge in [0.25, 0.3) is 0 Å². The Morgan fingerprint density at radius 3 is 2.59 bits per heavy atom. The molecule has 1 aromatic rings. The molecular formula is C25H31ClF2N4. The number of allylic oxidation sites excluding steroid dienone is 3. The lowest BCUT2D eigenvalue weighted by Crippen LogP contribution is -2.58. The van der Waals surface area contributed by atoms with Crippen LogP contribution in [0.15, 0.2) is 62.5 Å². The van der Waals surface area contributed by atoms with Gasteiger partial charge in [-0.05, 0) is 64.7 Å². The van der Waals surface area contributed by atoms with Crippen molar-refractivity contribution in [2.75, 3.05) is 4.90 Å². The zero-order valence-electron chi connectivity index (χ0n) is 19.6. The third-order valence-corrected chi connectivity index (χ3v) is 6.33. The number of fused-ring (bicyclic) bond motifs is 1. The fraction of sp³-hybridized carbons (Fsp3) is 0.440. The summed E-state index contributed by atoms with van der Waals surface area (Å²) in [5.74, 6) is -0.330. The van der Waals surface area contributed by atoms with Crippen LogP contribution in [-0.2, 0) is 0 Å². The Morgan fingerprint density at radius 1 is 1.28 bits per heavy atom. The first-order valence-electron chi connectivity index (χ1n) is 11.1. The number of rotatable bonds is 4. The summed E-state index contributed by atoms with van der Waals surface area (Å²) in [6, 6.07) is 3.82. The van der Waals surface area contributed by atoms with Crippen LogP contribution in [-0.4, -0.2) is 28.7 Å². The van der Waals surface area contributed by atoms with Crippen molar-refractivity contribution in [2.45, 2.75) is 72.9 Å². The van der Waals surface area contributed by atoms with E-state index in [-0.39, 0.29) is 12.1 Å². The van der Waals surface area contributed by atoms with Gasteiger partial charge < -0.3 is 4.90 Å². The molecule has 1 aromatic carbocycles. The van der Waals surface area contributed by atoms with E-state index >= 15 is 0 Å². The van der Waals surface area contributed by atoms with Crippen LogP contribution in [0.4, 0.5) is 14.5 Å². The smallest absolute Gasteiger partial charge is 0.160 e. The molecule has 7 heteroatoms. The van der Waals surface area contributed by atoms with Gasteiger partial charge in [0.2, 0.25) is 0 Å². The molecule has 0 aromatic heterocycles. The van der Waals surface area contributed by atoms with Crippen molar-refractivity contribution >= 4 is 29.0 Å². The molecule has 0 saturated carbocycles.